The molecule has 22 heavy (non-hydrogen) atoms. The molecule has 2 aromatic carbocycles. The van der Waals surface area contributed by atoms with E-state index in [0.717, 1.165) is 11.1 Å². The van der Waals surface area contributed by atoms with E-state index < -0.39 is 6.10 Å². The number of nitrogens with zero attached hydrogens (tertiary/aromatic N) is 1. The maximum atomic E-state index is 12.3. The third-order valence-corrected chi connectivity index (χ3v) is 4.11. The Bertz CT molecular complexity index is 679. The highest BCUT2D eigenvalue weighted by Gasteiger charge is 2.45. The van der Waals surface area contributed by atoms with Crippen molar-refractivity contribution in [1.82, 2.24) is 4.90 Å². The van der Waals surface area contributed by atoms with Gasteiger partial charge < -0.3 is 10.0 Å². The van der Waals surface area contributed by atoms with Gasteiger partial charge in [-0.2, -0.15) is 0 Å². The number of carbonyl (C=O) groups is 1. The van der Waals surface area contributed by atoms with E-state index in [1.54, 1.807) is 11.0 Å². The molecule has 3 heteroatoms. The first kappa shape index (κ1) is 14.5. The molecule has 0 bridgehead atoms. The lowest BCUT2D eigenvalue weighted by atomic mass is 9.85. The lowest BCUT2D eigenvalue weighted by Gasteiger charge is -2.45. The Morgan fingerprint density at radius 2 is 1.68 bits per heavy atom. The molecule has 112 valence electrons. The number of hydrogen-bond acceptors (Lipinski definition) is 2. The van der Waals surface area contributed by atoms with E-state index in [1.165, 1.54) is 0 Å². The Morgan fingerprint density at radius 3 is 2.27 bits per heavy atom. The van der Waals surface area contributed by atoms with Crippen molar-refractivity contribution in [1.29, 1.82) is 0 Å². The monoisotopic (exact) mass is 293 g/mol. The molecule has 2 atom stereocenters. The topological polar surface area (TPSA) is 40.5 Å². The SMILES string of the molecule is C/C=C1\C(=O)N(Cc2ccccc2)C1C(O)c1ccccc1. The van der Waals surface area contributed by atoms with Crippen molar-refractivity contribution >= 4 is 5.91 Å². The molecule has 1 heterocycles. The Morgan fingerprint density at radius 1 is 1.09 bits per heavy atom. The Balaban J connectivity index is 1.85. The first-order chi connectivity index (χ1) is 10.7. The summed E-state index contributed by atoms with van der Waals surface area (Å²) < 4.78 is 0. The van der Waals surface area contributed by atoms with Gasteiger partial charge in [-0.15, -0.1) is 0 Å². The second kappa shape index (κ2) is 6.16. The summed E-state index contributed by atoms with van der Waals surface area (Å²) >= 11 is 0. The normalized spacial score (nSPS) is 20.8. The third kappa shape index (κ3) is 2.55. The second-order valence-corrected chi connectivity index (χ2v) is 5.46. The fourth-order valence-electron chi connectivity index (χ4n) is 2.94. The average Bonchev–Trinajstić information content (AvgIpc) is 2.58. The van der Waals surface area contributed by atoms with Gasteiger partial charge in [0.25, 0.3) is 5.91 Å². The molecule has 0 radical (unpaired) electrons. The summed E-state index contributed by atoms with van der Waals surface area (Å²) in [5.74, 6) is 0.00586. The van der Waals surface area contributed by atoms with Crippen LogP contribution in [0.2, 0.25) is 0 Å². The summed E-state index contributed by atoms with van der Waals surface area (Å²) in [6.45, 7) is 2.36. The molecule has 0 spiro atoms. The van der Waals surface area contributed by atoms with Gasteiger partial charge in [0, 0.05) is 12.1 Å². The number of hydrogen-bond donors (Lipinski definition) is 1. The van der Waals surface area contributed by atoms with Crippen LogP contribution in [0.5, 0.6) is 0 Å². The first-order valence-corrected chi connectivity index (χ1v) is 7.46. The lowest BCUT2D eigenvalue weighted by molar-refractivity contribution is -0.142. The van der Waals surface area contributed by atoms with Crippen LogP contribution in [0.15, 0.2) is 72.3 Å². The van der Waals surface area contributed by atoms with Crippen molar-refractivity contribution in [2.24, 2.45) is 0 Å². The molecule has 2 aromatic rings. The summed E-state index contributed by atoms with van der Waals surface area (Å²) in [4.78, 5) is 14.0. The quantitative estimate of drug-likeness (QED) is 0.695. The summed E-state index contributed by atoms with van der Waals surface area (Å²) in [6, 6.07) is 19.1. The van der Waals surface area contributed by atoms with E-state index in [4.69, 9.17) is 0 Å². The first-order valence-electron chi connectivity index (χ1n) is 7.46. The van der Waals surface area contributed by atoms with Crippen LogP contribution in [-0.4, -0.2) is 22.0 Å². The zero-order valence-electron chi connectivity index (χ0n) is 12.5. The molecule has 1 fully saturated rings. The van der Waals surface area contributed by atoms with Gasteiger partial charge in [-0.25, -0.2) is 0 Å². The smallest absolute Gasteiger partial charge is 0.252 e. The van der Waals surface area contributed by atoms with Gasteiger partial charge in [-0.1, -0.05) is 66.7 Å². The highest BCUT2D eigenvalue weighted by molar-refractivity contribution is 6.02. The van der Waals surface area contributed by atoms with Crippen LogP contribution >= 0.6 is 0 Å². The Kier molecular flexibility index (Phi) is 4.07. The number of aliphatic hydroxyl groups is 1. The van der Waals surface area contributed by atoms with Gasteiger partial charge >= 0.3 is 0 Å². The van der Waals surface area contributed by atoms with E-state index in [1.807, 2.05) is 67.6 Å². The van der Waals surface area contributed by atoms with Gasteiger partial charge in [0.05, 0.1) is 6.04 Å². The molecule has 1 amide bonds. The number of likely N-dealkylation sites (tertiary alicyclic amines) is 1. The molecule has 1 saturated heterocycles. The van der Waals surface area contributed by atoms with Crippen molar-refractivity contribution in [2.75, 3.05) is 0 Å². The average molecular weight is 293 g/mol. The van der Waals surface area contributed by atoms with Crippen molar-refractivity contribution < 1.29 is 9.90 Å². The van der Waals surface area contributed by atoms with E-state index in [0.29, 0.717) is 12.1 Å². The molecule has 1 aliphatic rings. The molecular weight excluding hydrogens is 274 g/mol. The Labute approximate surface area is 130 Å². The van der Waals surface area contributed by atoms with Gasteiger partial charge in [-0.05, 0) is 18.1 Å². The van der Waals surface area contributed by atoms with Crippen molar-refractivity contribution in [2.45, 2.75) is 25.6 Å². The largest absolute Gasteiger partial charge is 0.386 e. The van der Waals surface area contributed by atoms with Crippen molar-refractivity contribution in [3.63, 3.8) is 0 Å². The van der Waals surface area contributed by atoms with Gasteiger partial charge in [0.1, 0.15) is 6.10 Å². The van der Waals surface area contributed by atoms with Crippen LogP contribution < -0.4 is 0 Å². The fraction of sp³-hybridized carbons (Fsp3) is 0.211. The maximum absolute atomic E-state index is 12.3. The van der Waals surface area contributed by atoms with Crippen LogP contribution in [0.4, 0.5) is 0 Å². The molecule has 2 unspecified atom stereocenters. The lowest BCUT2D eigenvalue weighted by Crippen LogP contribution is -2.57. The van der Waals surface area contributed by atoms with Crippen molar-refractivity contribution in [3.05, 3.63) is 83.4 Å². The fourth-order valence-corrected chi connectivity index (χ4v) is 2.94. The van der Waals surface area contributed by atoms with Crippen LogP contribution in [0.25, 0.3) is 0 Å². The minimum atomic E-state index is -0.700. The zero-order chi connectivity index (χ0) is 15.5. The summed E-state index contributed by atoms with van der Waals surface area (Å²) in [5, 5.41) is 10.7. The molecule has 3 nitrogen and oxygen atoms in total. The number of amides is 1. The number of benzene rings is 2. The van der Waals surface area contributed by atoms with Crippen LogP contribution in [0.1, 0.15) is 24.2 Å². The number of β-lactam (4-membered cyclic amide) rings is 1. The standard InChI is InChI=1S/C19H19NO2/c1-2-16-17(18(21)15-11-7-4-8-12-15)20(19(16)22)13-14-9-5-3-6-10-14/h2-12,17-18,21H,13H2,1H3/b16-2-. The van der Waals surface area contributed by atoms with Crippen LogP contribution in [0, 0.1) is 0 Å². The van der Waals surface area contributed by atoms with E-state index in [9.17, 15) is 9.90 Å². The molecule has 3 rings (SSSR count). The predicted molar refractivity (Wildman–Crippen MR) is 85.9 cm³/mol. The summed E-state index contributed by atoms with van der Waals surface area (Å²) in [5.41, 5.74) is 2.58. The van der Waals surface area contributed by atoms with E-state index in [-0.39, 0.29) is 11.9 Å². The van der Waals surface area contributed by atoms with Crippen LogP contribution in [0.3, 0.4) is 0 Å². The zero-order valence-corrected chi connectivity index (χ0v) is 12.5. The number of carbonyl (C=O) groups excluding carboxylic acids is 1. The van der Waals surface area contributed by atoms with Crippen LogP contribution in [-0.2, 0) is 11.3 Å². The van der Waals surface area contributed by atoms with Gasteiger partial charge in [-0.3, -0.25) is 4.79 Å². The molecular formula is C19H19NO2. The molecule has 1 aliphatic heterocycles. The third-order valence-electron chi connectivity index (χ3n) is 4.11. The highest BCUT2D eigenvalue weighted by atomic mass is 16.3. The van der Waals surface area contributed by atoms with Gasteiger partial charge in [0.15, 0.2) is 0 Å². The summed E-state index contributed by atoms with van der Waals surface area (Å²) in [7, 11) is 0. The van der Waals surface area contributed by atoms with E-state index in [2.05, 4.69) is 0 Å². The Hall–Kier alpha value is -2.39. The number of allylic oxidation sites excluding steroid dienone is 1. The van der Waals surface area contributed by atoms with Crippen molar-refractivity contribution in [3.8, 4) is 0 Å². The second-order valence-electron chi connectivity index (χ2n) is 5.46. The molecule has 0 saturated carbocycles. The predicted octanol–water partition coefficient (Wildman–Crippen LogP) is 3.08. The molecule has 0 aromatic heterocycles. The minimum Gasteiger partial charge on any atom is -0.386 e. The molecule has 0 aliphatic carbocycles. The maximum Gasteiger partial charge on any atom is 0.252 e. The van der Waals surface area contributed by atoms with E-state index >= 15 is 0 Å². The minimum absolute atomic E-state index is 0.00586. The number of aliphatic hydroxyl groups excluding tert-OH is 1. The summed E-state index contributed by atoms with van der Waals surface area (Å²) in [6.07, 6.45) is 1.11. The van der Waals surface area contributed by atoms with Gasteiger partial charge in [0.2, 0.25) is 0 Å². The highest BCUT2D eigenvalue weighted by Crippen LogP contribution is 2.36. The number of rotatable bonds is 4. The molecule has 1 N–H and O–H groups in total.